The largest absolute Gasteiger partial charge is 0.458 e. The Kier molecular flexibility index (Phi) is 14.3. The topological polar surface area (TPSA) is 153 Å². The van der Waals surface area contributed by atoms with Crippen LogP contribution in [0.4, 0.5) is 4.79 Å². The molecule has 0 bridgehead atoms. The van der Waals surface area contributed by atoms with Gasteiger partial charge in [-0.25, -0.2) is 15.2 Å². The molecule has 0 saturated carbocycles. The fraction of sp³-hybridized carbons (Fsp3) is 0.750. The molecule has 13 heteroatoms. The van der Waals surface area contributed by atoms with E-state index in [-0.39, 0.29) is 30.8 Å². The summed E-state index contributed by atoms with van der Waals surface area (Å²) in [6.07, 6.45) is -2.64. The second-order valence-corrected chi connectivity index (χ2v) is 16.1. The molecule has 0 radical (unpaired) electrons. The highest BCUT2D eigenvalue weighted by Gasteiger charge is 2.61. The number of amides is 1. The molecule has 0 aromatic heterocycles. The molecule has 0 spiro atoms. The number of Topliss-reactive ketones (excluding diaryl/α,β-unsaturated/α-hetero) is 2. The monoisotopic (exact) mass is 745 g/mol. The molecule has 298 valence electrons. The van der Waals surface area contributed by atoms with Crippen molar-refractivity contribution in [2.24, 2.45) is 23.7 Å². The second kappa shape index (κ2) is 17.7. The van der Waals surface area contributed by atoms with Gasteiger partial charge in [-0.05, 0) is 79.5 Å². The SMILES string of the molecule is CC[C@@H]1OC(=O)[C@H](C)C(=O)[C@H](C)[C@@H](O[C@@H]2O[C@H](C)C[C@H](N(C)C)[C@H]2O)[C@](C)(OC)C[C@@H](C)C(=O)[C@@H](C)[C@H]2N(NCCCc3ccccc3)C(=O)O[C@]12C. The molecule has 0 unspecified atom stereocenters. The number of aliphatic hydroxyl groups is 1. The maximum atomic E-state index is 14.6. The van der Waals surface area contributed by atoms with Crippen molar-refractivity contribution in [3.63, 3.8) is 0 Å². The summed E-state index contributed by atoms with van der Waals surface area (Å²) < 4.78 is 31.0. The lowest BCUT2D eigenvalue weighted by atomic mass is 9.73. The highest BCUT2D eigenvalue weighted by Crippen LogP contribution is 2.42. The van der Waals surface area contributed by atoms with E-state index in [1.165, 1.54) is 19.0 Å². The van der Waals surface area contributed by atoms with Crippen molar-refractivity contribution in [3.8, 4) is 0 Å². The van der Waals surface area contributed by atoms with Gasteiger partial charge in [0.15, 0.2) is 17.7 Å². The lowest BCUT2D eigenvalue weighted by Crippen LogP contribution is -2.61. The number of nitrogens with zero attached hydrogens (tertiary/aromatic N) is 2. The minimum absolute atomic E-state index is 0.128. The minimum atomic E-state index is -1.43. The van der Waals surface area contributed by atoms with Crippen LogP contribution in [0, 0.1) is 23.7 Å². The van der Waals surface area contributed by atoms with Crippen molar-refractivity contribution in [3.05, 3.63) is 35.9 Å². The zero-order valence-corrected chi connectivity index (χ0v) is 33.5. The van der Waals surface area contributed by atoms with Crippen molar-refractivity contribution >= 4 is 23.6 Å². The predicted molar refractivity (Wildman–Crippen MR) is 197 cm³/mol. The summed E-state index contributed by atoms with van der Waals surface area (Å²) in [6.45, 7) is 14.3. The van der Waals surface area contributed by atoms with Gasteiger partial charge in [-0.2, -0.15) is 0 Å². The van der Waals surface area contributed by atoms with Gasteiger partial charge in [-0.15, -0.1) is 0 Å². The number of rotatable bonds is 10. The molecule has 3 saturated heterocycles. The molecule has 1 aromatic carbocycles. The Bertz CT molecular complexity index is 1430. The molecule has 13 nitrogen and oxygen atoms in total. The number of carbonyl (C=O) groups is 4. The van der Waals surface area contributed by atoms with Crippen LogP contribution in [-0.4, -0.2) is 120 Å². The summed E-state index contributed by atoms with van der Waals surface area (Å²) in [5.41, 5.74) is 1.70. The number of hydrazine groups is 1. The molecule has 13 atom stereocenters. The first kappa shape index (κ1) is 42.8. The molecular formula is C40H63N3O10. The van der Waals surface area contributed by atoms with Crippen LogP contribution in [0.3, 0.4) is 0 Å². The van der Waals surface area contributed by atoms with E-state index in [1.807, 2.05) is 63.2 Å². The molecule has 53 heavy (non-hydrogen) atoms. The van der Waals surface area contributed by atoms with Gasteiger partial charge in [0.05, 0.1) is 17.8 Å². The van der Waals surface area contributed by atoms with Gasteiger partial charge in [0.25, 0.3) is 0 Å². The molecule has 3 fully saturated rings. The molecule has 1 amide bonds. The van der Waals surface area contributed by atoms with Gasteiger partial charge < -0.3 is 33.7 Å². The standard InChI is InChI=1S/C40H63N3O10/c1-12-30-40(8)34(43(38(48)53-40)41-20-16-19-28-17-14-13-15-18-28)25(4)31(44)23(2)22-39(7,49-11)35(26(5)32(45)27(6)36(47)51-30)52-37-33(46)29(42(9)10)21-24(3)50-37/h13-15,17-18,23-27,29-30,33-35,37,41,46H,12,16,19-22H2,1-11H3/t23-,24-,25-,26+,27-,29+,30+,33-,34-,35-,37+,39-,40-/m1/s1. The van der Waals surface area contributed by atoms with Gasteiger partial charge >= 0.3 is 12.1 Å². The van der Waals surface area contributed by atoms with Crippen molar-refractivity contribution < 1.29 is 48.0 Å². The molecule has 0 aliphatic carbocycles. The summed E-state index contributed by atoms with van der Waals surface area (Å²) in [5, 5.41) is 12.8. The number of ketones is 2. The lowest BCUT2D eigenvalue weighted by Gasteiger charge is -2.47. The molecule has 1 aromatic rings. The highest BCUT2D eigenvalue weighted by atomic mass is 16.7. The first-order valence-electron chi connectivity index (χ1n) is 19.2. The average Bonchev–Trinajstić information content (AvgIpc) is 3.39. The van der Waals surface area contributed by atoms with Gasteiger partial charge in [0.1, 0.15) is 30.0 Å². The number of hydrogen-bond donors (Lipinski definition) is 2. The normalized spacial score (nSPS) is 39.0. The molecule has 3 aliphatic heterocycles. The van der Waals surface area contributed by atoms with E-state index in [0.29, 0.717) is 19.4 Å². The van der Waals surface area contributed by atoms with Crippen LogP contribution in [-0.2, 0) is 44.5 Å². The number of aliphatic hydroxyl groups excluding tert-OH is 1. The Morgan fingerprint density at radius 2 is 1.66 bits per heavy atom. The maximum absolute atomic E-state index is 14.6. The number of nitrogens with one attached hydrogen (secondary N) is 1. The summed E-state index contributed by atoms with van der Waals surface area (Å²) in [5.74, 6) is -4.99. The second-order valence-electron chi connectivity index (χ2n) is 16.1. The Morgan fingerprint density at radius 3 is 2.26 bits per heavy atom. The summed E-state index contributed by atoms with van der Waals surface area (Å²) in [4.78, 5) is 58.2. The zero-order valence-electron chi connectivity index (χ0n) is 33.5. The summed E-state index contributed by atoms with van der Waals surface area (Å²) >= 11 is 0. The number of carbonyl (C=O) groups excluding carboxylic acids is 4. The lowest BCUT2D eigenvalue weighted by molar-refractivity contribution is -0.295. The average molecular weight is 746 g/mol. The van der Waals surface area contributed by atoms with E-state index in [4.69, 9.17) is 23.7 Å². The van der Waals surface area contributed by atoms with Crippen LogP contribution in [0.5, 0.6) is 0 Å². The third kappa shape index (κ3) is 9.13. The number of fused-ring (bicyclic) bond motifs is 1. The van der Waals surface area contributed by atoms with Crippen LogP contribution in [0.1, 0.15) is 86.6 Å². The van der Waals surface area contributed by atoms with Crippen molar-refractivity contribution in [2.45, 2.75) is 141 Å². The number of methoxy groups -OCH3 is 1. The van der Waals surface area contributed by atoms with Gasteiger partial charge in [0.2, 0.25) is 0 Å². The van der Waals surface area contributed by atoms with Crippen molar-refractivity contribution in [1.29, 1.82) is 0 Å². The minimum Gasteiger partial charge on any atom is -0.458 e. The fourth-order valence-electron chi connectivity index (χ4n) is 8.67. The third-order valence-corrected chi connectivity index (χ3v) is 11.8. The Labute approximate surface area is 315 Å². The number of esters is 1. The molecule has 4 rings (SSSR count). The Balaban J connectivity index is 1.71. The quantitative estimate of drug-likeness (QED) is 0.199. The van der Waals surface area contributed by atoms with E-state index in [9.17, 15) is 24.3 Å². The third-order valence-electron chi connectivity index (χ3n) is 11.8. The number of likely N-dealkylation sites (N-methyl/N-ethyl adjacent to an activating group) is 1. The zero-order chi connectivity index (χ0) is 39.4. The predicted octanol–water partition coefficient (Wildman–Crippen LogP) is 4.33. The van der Waals surface area contributed by atoms with E-state index in [2.05, 4.69) is 5.43 Å². The molecule has 2 N–H and O–H groups in total. The van der Waals surface area contributed by atoms with Crippen molar-refractivity contribution in [2.75, 3.05) is 27.7 Å². The Morgan fingerprint density at radius 1 is 1.00 bits per heavy atom. The van der Waals surface area contributed by atoms with Crippen LogP contribution >= 0.6 is 0 Å². The number of hydrogen-bond acceptors (Lipinski definition) is 12. The number of benzene rings is 1. The molecule has 3 heterocycles. The first-order valence-corrected chi connectivity index (χ1v) is 19.2. The number of cyclic esters (lactones) is 1. The van der Waals surface area contributed by atoms with Crippen LogP contribution in [0.15, 0.2) is 30.3 Å². The maximum Gasteiger partial charge on any atom is 0.425 e. The highest BCUT2D eigenvalue weighted by molar-refractivity contribution is 6.00. The van der Waals surface area contributed by atoms with E-state index in [0.717, 1.165) is 12.0 Å². The number of ether oxygens (including phenoxy) is 5. The summed E-state index contributed by atoms with van der Waals surface area (Å²) in [7, 11) is 5.24. The van der Waals surface area contributed by atoms with Crippen LogP contribution < -0.4 is 5.43 Å². The van der Waals surface area contributed by atoms with Crippen LogP contribution in [0.25, 0.3) is 0 Å². The first-order chi connectivity index (χ1) is 24.9. The van der Waals surface area contributed by atoms with Gasteiger partial charge in [-0.3, -0.25) is 14.4 Å². The summed E-state index contributed by atoms with van der Waals surface area (Å²) in [6, 6.07) is 8.88. The van der Waals surface area contributed by atoms with E-state index >= 15 is 0 Å². The molecule has 3 aliphatic rings. The fourth-order valence-corrected chi connectivity index (χ4v) is 8.67. The molecular weight excluding hydrogens is 682 g/mol. The van der Waals surface area contributed by atoms with E-state index in [1.54, 1.807) is 34.6 Å². The Hall–Kier alpha value is -2.94. The smallest absolute Gasteiger partial charge is 0.425 e. The van der Waals surface area contributed by atoms with E-state index < -0.39 is 83.4 Å². The number of aryl methyl sites for hydroxylation is 1. The van der Waals surface area contributed by atoms with Crippen LogP contribution in [0.2, 0.25) is 0 Å². The van der Waals surface area contributed by atoms with Gasteiger partial charge in [-0.1, -0.05) is 58.0 Å². The van der Waals surface area contributed by atoms with Gasteiger partial charge in [0, 0.05) is 37.5 Å². The van der Waals surface area contributed by atoms with Crippen molar-refractivity contribution in [1.82, 2.24) is 15.3 Å².